The Morgan fingerprint density at radius 1 is 1.14 bits per heavy atom. The molecule has 1 N–H and O–H groups in total. The van der Waals surface area contributed by atoms with E-state index in [1.807, 2.05) is 19.1 Å². The van der Waals surface area contributed by atoms with Crippen LogP contribution in [0, 0.1) is 6.92 Å². The van der Waals surface area contributed by atoms with Gasteiger partial charge in [0.05, 0.1) is 18.9 Å². The molecule has 1 saturated carbocycles. The van der Waals surface area contributed by atoms with Crippen molar-refractivity contribution in [2.45, 2.75) is 63.6 Å². The number of amides is 1. The van der Waals surface area contributed by atoms with Crippen molar-refractivity contribution in [1.29, 1.82) is 0 Å². The van der Waals surface area contributed by atoms with Crippen LogP contribution in [-0.2, 0) is 19.6 Å². The molecule has 2 aromatic carbocycles. The van der Waals surface area contributed by atoms with E-state index in [2.05, 4.69) is 4.72 Å². The van der Waals surface area contributed by atoms with Crippen LogP contribution in [-0.4, -0.2) is 50.1 Å². The van der Waals surface area contributed by atoms with Crippen LogP contribution in [0.25, 0.3) is 0 Å². The number of carbonyl (C=O) groups is 2. The highest BCUT2D eigenvalue weighted by Gasteiger charge is 2.49. The molecule has 1 aliphatic carbocycles. The number of halogens is 1. The fraction of sp³-hybridized carbons (Fsp3) is 0.462. The zero-order valence-electron chi connectivity index (χ0n) is 20.2. The highest BCUT2D eigenvalue weighted by molar-refractivity contribution is 7.88. The van der Waals surface area contributed by atoms with Crippen LogP contribution >= 0.6 is 11.6 Å². The molecule has 0 radical (unpaired) electrons. The van der Waals surface area contributed by atoms with E-state index in [-0.39, 0.29) is 12.5 Å². The molecule has 0 aromatic heterocycles. The van der Waals surface area contributed by atoms with Crippen molar-refractivity contribution in [1.82, 2.24) is 9.62 Å². The summed E-state index contributed by atoms with van der Waals surface area (Å²) in [7, 11) is -3.51. The van der Waals surface area contributed by atoms with Gasteiger partial charge in [-0.3, -0.25) is 9.59 Å². The molecular weight excluding hydrogens is 488 g/mol. The second-order valence-corrected chi connectivity index (χ2v) is 11.5. The molecule has 7 nitrogen and oxygen atoms in total. The first-order chi connectivity index (χ1) is 16.6. The maximum atomic E-state index is 14.1. The average Bonchev–Trinajstić information content (AvgIpc) is 2.80. The highest BCUT2D eigenvalue weighted by atomic mass is 35.5. The van der Waals surface area contributed by atoms with Crippen molar-refractivity contribution in [3.8, 4) is 0 Å². The van der Waals surface area contributed by atoms with Gasteiger partial charge >= 0.3 is 5.97 Å². The van der Waals surface area contributed by atoms with Crippen molar-refractivity contribution >= 4 is 33.5 Å². The van der Waals surface area contributed by atoms with Crippen molar-refractivity contribution in [2.75, 3.05) is 12.9 Å². The number of aryl methyl sites for hydroxylation is 1. The Bertz CT molecular complexity index is 1230. The molecule has 9 heteroatoms. The van der Waals surface area contributed by atoms with E-state index in [1.54, 1.807) is 42.2 Å². The largest absolute Gasteiger partial charge is 0.465 e. The van der Waals surface area contributed by atoms with Crippen LogP contribution in [0.15, 0.2) is 42.5 Å². The third-order valence-electron chi connectivity index (χ3n) is 6.84. The van der Waals surface area contributed by atoms with E-state index in [4.69, 9.17) is 16.3 Å². The van der Waals surface area contributed by atoms with Gasteiger partial charge in [0, 0.05) is 22.7 Å². The first-order valence-corrected chi connectivity index (χ1v) is 14.2. The molecule has 4 unspecified atom stereocenters. The molecule has 2 aliphatic rings. The van der Waals surface area contributed by atoms with Gasteiger partial charge in [0.2, 0.25) is 10.0 Å². The smallest absolute Gasteiger partial charge is 0.315 e. The Balaban J connectivity index is 1.95. The molecule has 1 amide bonds. The maximum Gasteiger partial charge on any atom is 0.315 e. The standard InChI is InChI=1S/C26H31ClN2O5S/c1-4-34-26(31)23-17-9-5-6-10-18(17)25(30)29(24(23)19-15-16(2)13-14-20(19)27)22-12-8-7-11-21(22)28-35(3,32)33/h5-6,9-10,13-15,21-24,28H,4,7-8,11-12H2,1-3H3. The van der Waals surface area contributed by atoms with Crippen molar-refractivity contribution < 1.29 is 22.7 Å². The number of benzene rings is 2. The van der Waals surface area contributed by atoms with Gasteiger partial charge in [0.25, 0.3) is 5.91 Å². The first kappa shape index (κ1) is 25.7. The summed E-state index contributed by atoms with van der Waals surface area (Å²) in [6.07, 6.45) is 4.02. The molecule has 4 rings (SSSR count). The molecular formula is C26H31ClN2O5S. The first-order valence-electron chi connectivity index (χ1n) is 11.9. The van der Waals surface area contributed by atoms with E-state index >= 15 is 0 Å². The van der Waals surface area contributed by atoms with E-state index < -0.39 is 40.0 Å². The molecule has 0 bridgehead atoms. The fourth-order valence-corrected chi connectivity index (χ4v) is 6.53. The Hall–Kier alpha value is -2.42. The Labute approximate surface area is 211 Å². The summed E-state index contributed by atoms with van der Waals surface area (Å²) in [5, 5.41) is 0.440. The van der Waals surface area contributed by atoms with E-state index in [1.165, 1.54) is 0 Å². The minimum Gasteiger partial charge on any atom is -0.465 e. The molecule has 1 aliphatic heterocycles. The number of carbonyl (C=O) groups excluding carboxylic acids is 2. The van der Waals surface area contributed by atoms with E-state index in [0.717, 1.165) is 24.7 Å². The van der Waals surface area contributed by atoms with Gasteiger partial charge in [0.15, 0.2) is 0 Å². The minimum atomic E-state index is -3.51. The Morgan fingerprint density at radius 3 is 2.57 bits per heavy atom. The summed E-state index contributed by atoms with van der Waals surface area (Å²) in [6.45, 7) is 3.87. The van der Waals surface area contributed by atoms with Crippen LogP contribution in [0.4, 0.5) is 0 Å². The second-order valence-electron chi connectivity index (χ2n) is 9.35. The zero-order chi connectivity index (χ0) is 25.3. The molecule has 0 saturated heterocycles. The lowest BCUT2D eigenvalue weighted by atomic mass is 9.76. The van der Waals surface area contributed by atoms with Crippen LogP contribution in [0.1, 0.15) is 71.6 Å². The summed E-state index contributed by atoms with van der Waals surface area (Å²) in [5.41, 5.74) is 2.61. The predicted octanol–water partition coefficient (Wildman–Crippen LogP) is 4.35. The van der Waals surface area contributed by atoms with Gasteiger partial charge in [0.1, 0.15) is 5.92 Å². The number of esters is 1. The lowest BCUT2D eigenvalue weighted by molar-refractivity contribution is -0.147. The van der Waals surface area contributed by atoms with Gasteiger partial charge in [-0.1, -0.05) is 60.3 Å². The summed E-state index contributed by atoms with van der Waals surface area (Å²) in [6, 6.07) is 11.0. The quantitative estimate of drug-likeness (QED) is 0.574. The van der Waals surface area contributed by atoms with Gasteiger partial charge < -0.3 is 9.64 Å². The topological polar surface area (TPSA) is 92.8 Å². The third-order valence-corrected chi connectivity index (χ3v) is 7.91. The summed E-state index contributed by atoms with van der Waals surface area (Å²) < 4.78 is 32.7. The lowest BCUT2D eigenvalue weighted by Crippen LogP contribution is -2.58. The maximum absolute atomic E-state index is 14.1. The van der Waals surface area contributed by atoms with Crippen LogP contribution in [0.2, 0.25) is 5.02 Å². The number of sulfonamides is 1. The van der Waals surface area contributed by atoms with Crippen LogP contribution in [0.3, 0.4) is 0 Å². The SMILES string of the molecule is CCOC(=O)C1c2ccccc2C(=O)N(C2CCCCC2NS(C)(=O)=O)C1c1cc(C)ccc1Cl. The fourth-order valence-electron chi connectivity index (χ4n) is 5.48. The predicted molar refractivity (Wildman–Crippen MR) is 135 cm³/mol. The number of hydrogen-bond acceptors (Lipinski definition) is 5. The summed E-state index contributed by atoms with van der Waals surface area (Å²) in [5.74, 6) is -1.48. The number of nitrogens with one attached hydrogen (secondary N) is 1. The number of rotatable bonds is 6. The summed E-state index contributed by atoms with van der Waals surface area (Å²) >= 11 is 6.70. The van der Waals surface area contributed by atoms with Crippen molar-refractivity contribution in [3.63, 3.8) is 0 Å². The molecule has 2 aromatic rings. The Morgan fingerprint density at radius 2 is 1.86 bits per heavy atom. The van der Waals surface area contributed by atoms with E-state index in [9.17, 15) is 18.0 Å². The molecule has 4 atom stereocenters. The van der Waals surface area contributed by atoms with Gasteiger partial charge in [-0.15, -0.1) is 0 Å². The number of fused-ring (bicyclic) bond motifs is 1. The molecule has 188 valence electrons. The van der Waals surface area contributed by atoms with Gasteiger partial charge in [-0.2, -0.15) is 0 Å². The van der Waals surface area contributed by atoms with Crippen LogP contribution in [0.5, 0.6) is 0 Å². The molecule has 1 fully saturated rings. The van der Waals surface area contributed by atoms with Crippen LogP contribution < -0.4 is 4.72 Å². The minimum absolute atomic E-state index is 0.196. The monoisotopic (exact) mass is 518 g/mol. The zero-order valence-corrected chi connectivity index (χ0v) is 21.7. The Kier molecular flexibility index (Phi) is 7.54. The van der Waals surface area contributed by atoms with Crippen molar-refractivity contribution in [3.05, 3.63) is 69.7 Å². The van der Waals surface area contributed by atoms with Crippen molar-refractivity contribution in [2.24, 2.45) is 0 Å². The normalized spacial score (nSPS) is 24.7. The molecule has 35 heavy (non-hydrogen) atoms. The third kappa shape index (κ3) is 5.25. The molecule has 0 spiro atoms. The number of ether oxygens (including phenoxy) is 1. The van der Waals surface area contributed by atoms with Gasteiger partial charge in [-0.25, -0.2) is 13.1 Å². The van der Waals surface area contributed by atoms with Gasteiger partial charge in [-0.05, 0) is 49.9 Å². The highest BCUT2D eigenvalue weighted by Crippen LogP contribution is 2.48. The number of hydrogen-bond donors (Lipinski definition) is 1. The lowest BCUT2D eigenvalue weighted by Gasteiger charge is -2.49. The number of nitrogens with zero attached hydrogens (tertiary/aromatic N) is 1. The average molecular weight is 519 g/mol. The second kappa shape index (κ2) is 10.3. The molecule has 1 heterocycles. The van der Waals surface area contributed by atoms with E-state index in [0.29, 0.717) is 34.6 Å². The summed E-state index contributed by atoms with van der Waals surface area (Å²) in [4.78, 5) is 29.3.